The van der Waals surface area contributed by atoms with Gasteiger partial charge in [-0.3, -0.25) is 9.80 Å². The lowest BCUT2D eigenvalue weighted by atomic mass is 10.1. The molecular formula is C24H32N2O2. The van der Waals surface area contributed by atoms with Crippen LogP contribution >= 0.6 is 0 Å². The molecule has 2 aromatic rings. The van der Waals surface area contributed by atoms with Gasteiger partial charge in [0.2, 0.25) is 0 Å². The monoisotopic (exact) mass is 380 g/mol. The second-order valence-electron chi connectivity index (χ2n) is 7.29. The second kappa shape index (κ2) is 11.0. The van der Waals surface area contributed by atoms with Crippen molar-refractivity contribution in [3.05, 3.63) is 71.8 Å². The lowest BCUT2D eigenvalue weighted by Gasteiger charge is -2.41. The summed E-state index contributed by atoms with van der Waals surface area (Å²) < 4.78 is 5.53. The molecule has 0 radical (unpaired) electrons. The lowest BCUT2D eigenvalue weighted by molar-refractivity contribution is 0.0597. The SMILES string of the molecule is CCOc1ccc(CN2CCN(C/C=C/c3ccccc3)CC2CCO)cc1. The Kier molecular flexibility index (Phi) is 8.09. The summed E-state index contributed by atoms with van der Waals surface area (Å²) in [5.74, 6) is 0.924. The molecule has 1 aliphatic heterocycles. The first-order chi connectivity index (χ1) is 13.8. The normalized spacial score (nSPS) is 18.6. The van der Waals surface area contributed by atoms with Gasteiger partial charge in [-0.05, 0) is 36.6 Å². The van der Waals surface area contributed by atoms with E-state index in [1.807, 2.05) is 25.1 Å². The molecule has 1 atom stereocenters. The molecule has 0 spiro atoms. The molecule has 1 unspecified atom stereocenters. The van der Waals surface area contributed by atoms with Crippen LogP contribution < -0.4 is 4.74 Å². The van der Waals surface area contributed by atoms with Crippen molar-refractivity contribution < 1.29 is 9.84 Å². The highest BCUT2D eigenvalue weighted by molar-refractivity contribution is 5.48. The number of rotatable bonds is 9. The Labute approximate surface area is 169 Å². The molecule has 1 N–H and O–H groups in total. The van der Waals surface area contributed by atoms with Gasteiger partial charge < -0.3 is 9.84 Å². The molecule has 1 heterocycles. The topological polar surface area (TPSA) is 35.9 Å². The van der Waals surface area contributed by atoms with Gasteiger partial charge in [-0.1, -0.05) is 54.6 Å². The zero-order valence-corrected chi connectivity index (χ0v) is 16.8. The molecule has 1 saturated heterocycles. The van der Waals surface area contributed by atoms with E-state index in [1.54, 1.807) is 0 Å². The van der Waals surface area contributed by atoms with E-state index in [-0.39, 0.29) is 6.61 Å². The molecule has 4 heteroatoms. The fraction of sp³-hybridized carbons (Fsp3) is 0.417. The number of hydrogen-bond acceptors (Lipinski definition) is 4. The van der Waals surface area contributed by atoms with Gasteiger partial charge in [0.05, 0.1) is 6.61 Å². The summed E-state index contributed by atoms with van der Waals surface area (Å²) in [6.07, 6.45) is 5.25. The van der Waals surface area contributed by atoms with Crippen LogP contribution in [0.3, 0.4) is 0 Å². The first-order valence-corrected chi connectivity index (χ1v) is 10.3. The predicted molar refractivity (Wildman–Crippen MR) is 115 cm³/mol. The fourth-order valence-electron chi connectivity index (χ4n) is 3.75. The Morgan fingerprint density at radius 3 is 2.57 bits per heavy atom. The van der Waals surface area contributed by atoms with Crippen LogP contribution in [0.4, 0.5) is 0 Å². The summed E-state index contributed by atoms with van der Waals surface area (Å²) in [7, 11) is 0. The molecular weight excluding hydrogens is 348 g/mol. The lowest BCUT2D eigenvalue weighted by Crippen LogP contribution is -2.52. The number of aliphatic hydroxyl groups excluding tert-OH is 1. The second-order valence-corrected chi connectivity index (χ2v) is 7.29. The highest BCUT2D eigenvalue weighted by Gasteiger charge is 2.26. The van der Waals surface area contributed by atoms with Crippen molar-refractivity contribution >= 4 is 6.08 Å². The number of ether oxygens (including phenoxy) is 1. The summed E-state index contributed by atoms with van der Waals surface area (Å²) in [4.78, 5) is 4.98. The van der Waals surface area contributed by atoms with Gasteiger partial charge in [0.15, 0.2) is 0 Å². The number of benzene rings is 2. The average molecular weight is 381 g/mol. The Balaban J connectivity index is 1.54. The van der Waals surface area contributed by atoms with Crippen LogP contribution in [-0.2, 0) is 6.54 Å². The van der Waals surface area contributed by atoms with Gasteiger partial charge in [0.1, 0.15) is 5.75 Å². The summed E-state index contributed by atoms with van der Waals surface area (Å²) in [6, 6.07) is 19.2. The maximum absolute atomic E-state index is 9.53. The maximum atomic E-state index is 9.53. The number of piperazine rings is 1. The van der Waals surface area contributed by atoms with Crippen molar-refractivity contribution in [2.45, 2.75) is 25.9 Å². The minimum Gasteiger partial charge on any atom is -0.494 e. The Bertz CT molecular complexity index is 715. The van der Waals surface area contributed by atoms with E-state index in [9.17, 15) is 5.11 Å². The third-order valence-electron chi connectivity index (χ3n) is 5.24. The zero-order valence-electron chi connectivity index (χ0n) is 16.8. The van der Waals surface area contributed by atoms with E-state index < -0.39 is 0 Å². The van der Waals surface area contributed by atoms with Gasteiger partial charge in [-0.15, -0.1) is 0 Å². The number of hydrogen-bond donors (Lipinski definition) is 1. The molecule has 0 amide bonds. The van der Waals surface area contributed by atoms with Crippen molar-refractivity contribution in [3.8, 4) is 5.75 Å². The number of aliphatic hydroxyl groups is 1. The largest absolute Gasteiger partial charge is 0.494 e. The van der Waals surface area contributed by atoms with E-state index in [0.29, 0.717) is 12.6 Å². The molecule has 3 rings (SSSR count). The predicted octanol–water partition coefficient (Wildman–Crippen LogP) is 3.67. The van der Waals surface area contributed by atoms with Crippen LogP contribution in [0.1, 0.15) is 24.5 Å². The smallest absolute Gasteiger partial charge is 0.119 e. The maximum Gasteiger partial charge on any atom is 0.119 e. The first-order valence-electron chi connectivity index (χ1n) is 10.3. The van der Waals surface area contributed by atoms with Gasteiger partial charge in [0, 0.05) is 45.4 Å². The summed E-state index contributed by atoms with van der Waals surface area (Å²) >= 11 is 0. The Morgan fingerprint density at radius 2 is 1.86 bits per heavy atom. The van der Waals surface area contributed by atoms with Crippen molar-refractivity contribution in [1.29, 1.82) is 0 Å². The summed E-state index contributed by atoms with van der Waals surface area (Å²) in [5.41, 5.74) is 2.53. The van der Waals surface area contributed by atoms with Gasteiger partial charge in [-0.2, -0.15) is 0 Å². The molecule has 28 heavy (non-hydrogen) atoms. The van der Waals surface area contributed by atoms with Crippen LogP contribution in [-0.4, -0.2) is 60.3 Å². The van der Waals surface area contributed by atoms with Crippen LogP contribution in [0, 0.1) is 0 Å². The number of nitrogens with zero attached hydrogens (tertiary/aromatic N) is 2. The van der Waals surface area contributed by atoms with E-state index in [2.05, 4.69) is 58.4 Å². The minimum atomic E-state index is 0.234. The third-order valence-corrected chi connectivity index (χ3v) is 5.24. The molecule has 0 aliphatic carbocycles. The van der Waals surface area contributed by atoms with Crippen molar-refractivity contribution in [2.24, 2.45) is 0 Å². The molecule has 150 valence electrons. The van der Waals surface area contributed by atoms with Gasteiger partial charge >= 0.3 is 0 Å². The molecule has 4 nitrogen and oxygen atoms in total. The highest BCUT2D eigenvalue weighted by atomic mass is 16.5. The van der Waals surface area contributed by atoms with Crippen molar-refractivity contribution in [2.75, 3.05) is 39.4 Å². The van der Waals surface area contributed by atoms with Gasteiger partial charge in [0.25, 0.3) is 0 Å². The van der Waals surface area contributed by atoms with Crippen LogP contribution in [0.2, 0.25) is 0 Å². The summed E-state index contributed by atoms with van der Waals surface area (Å²) in [5, 5.41) is 9.53. The molecule has 0 aromatic heterocycles. The van der Waals surface area contributed by atoms with E-state index in [1.165, 1.54) is 11.1 Å². The van der Waals surface area contributed by atoms with E-state index in [4.69, 9.17) is 4.74 Å². The molecule has 1 fully saturated rings. The van der Waals surface area contributed by atoms with Crippen LogP contribution in [0.15, 0.2) is 60.7 Å². The highest BCUT2D eigenvalue weighted by Crippen LogP contribution is 2.19. The quantitative estimate of drug-likeness (QED) is 0.720. The molecule has 1 aliphatic rings. The molecule has 0 bridgehead atoms. The van der Waals surface area contributed by atoms with Crippen LogP contribution in [0.5, 0.6) is 5.75 Å². The van der Waals surface area contributed by atoms with E-state index in [0.717, 1.165) is 44.9 Å². The molecule has 2 aromatic carbocycles. The van der Waals surface area contributed by atoms with Crippen molar-refractivity contribution in [1.82, 2.24) is 9.80 Å². The Morgan fingerprint density at radius 1 is 1.07 bits per heavy atom. The Hall–Kier alpha value is -2.14. The fourth-order valence-corrected chi connectivity index (χ4v) is 3.75. The van der Waals surface area contributed by atoms with Crippen LogP contribution in [0.25, 0.3) is 6.08 Å². The zero-order chi connectivity index (χ0) is 19.6. The van der Waals surface area contributed by atoms with Crippen molar-refractivity contribution in [3.63, 3.8) is 0 Å². The average Bonchev–Trinajstić information content (AvgIpc) is 2.72. The van der Waals surface area contributed by atoms with Gasteiger partial charge in [-0.25, -0.2) is 0 Å². The first kappa shape index (κ1) is 20.6. The van der Waals surface area contributed by atoms with E-state index >= 15 is 0 Å². The standard InChI is InChI=1S/C24H32N2O2/c1-2-28-24-12-10-22(11-13-24)19-26-17-16-25(20-23(26)14-18-27)15-6-9-21-7-4-3-5-8-21/h3-13,23,27H,2,14-20H2,1H3/b9-6+. The minimum absolute atomic E-state index is 0.234. The molecule has 0 saturated carbocycles. The summed E-state index contributed by atoms with van der Waals surface area (Å²) in [6.45, 7) is 7.88. The third kappa shape index (κ3) is 6.20.